The van der Waals surface area contributed by atoms with Crippen molar-refractivity contribution < 1.29 is 13.2 Å². The number of alkyl halides is 3. The second-order valence-corrected chi connectivity index (χ2v) is 5.11. The van der Waals surface area contributed by atoms with Gasteiger partial charge in [0.1, 0.15) is 0 Å². The summed E-state index contributed by atoms with van der Waals surface area (Å²) < 4.78 is 37.8. The number of nitrogens with zero attached hydrogens (tertiary/aromatic N) is 2. The zero-order chi connectivity index (χ0) is 12.3. The Labute approximate surface area is 102 Å². The molecule has 1 saturated heterocycles. The van der Waals surface area contributed by atoms with Gasteiger partial charge in [0.15, 0.2) is 0 Å². The van der Waals surface area contributed by atoms with Crippen molar-refractivity contribution in [2.45, 2.75) is 30.9 Å². The molecule has 0 spiro atoms. The summed E-state index contributed by atoms with van der Waals surface area (Å²) in [6.07, 6.45) is 5.47. The summed E-state index contributed by atoms with van der Waals surface area (Å²) >= 11 is 0.0140. The van der Waals surface area contributed by atoms with Crippen molar-refractivity contribution in [3.05, 3.63) is 18.2 Å². The molecule has 1 atom stereocenters. The van der Waals surface area contributed by atoms with Crippen LogP contribution < -0.4 is 5.32 Å². The minimum absolute atomic E-state index is 0.0140. The van der Waals surface area contributed by atoms with E-state index in [1.54, 1.807) is 12.5 Å². The van der Waals surface area contributed by atoms with Crippen LogP contribution in [0.2, 0.25) is 0 Å². The lowest BCUT2D eigenvalue weighted by molar-refractivity contribution is -0.0328. The van der Waals surface area contributed by atoms with E-state index in [9.17, 15) is 13.2 Å². The Morgan fingerprint density at radius 1 is 1.53 bits per heavy atom. The lowest BCUT2D eigenvalue weighted by atomic mass is 10.2. The lowest BCUT2D eigenvalue weighted by Gasteiger charge is -2.14. The molecule has 1 fully saturated rings. The Morgan fingerprint density at radius 2 is 2.35 bits per heavy atom. The third kappa shape index (κ3) is 3.64. The summed E-state index contributed by atoms with van der Waals surface area (Å²) in [5, 5.41) is 3.32. The van der Waals surface area contributed by atoms with E-state index in [-0.39, 0.29) is 23.6 Å². The SMILES string of the molecule is FC(F)(F)SCCn1cncc1C1CCCN1. The van der Waals surface area contributed by atoms with Gasteiger partial charge in [-0.2, -0.15) is 13.2 Å². The maximum absolute atomic E-state index is 12.0. The van der Waals surface area contributed by atoms with Crippen LogP contribution in [0.3, 0.4) is 0 Å². The zero-order valence-electron chi connectivity index (χ0n) is 9.20. The molecular formula is C10H14F3N3S. The highest BCUT2D eigenvalue weighted by molar-refractivity contribution is 8.00. The number of imidazole rings is 1. The molecule has 0 saturated carbocycles. The first-order valence-corrected chi connectivity index (χ1v) is 6.49. The normalized spacial score (nSPS) is 21.0. The van der Waals surface area contributed by atoms with Crippen LogP contribution in [-0.2, 0) is 6.54 Å². The van der Waals surface area contributed by atoms with E-state index in [1.165, 1.54) is 0 Å². The highest BCUT2D eigenvalue weighted by Crippen LogP contribution is 2.30. The Kier molecular flexibility index (Phi) is 3.98. The second-order valence-electron chi connectivity index (χ2n) is 3.96. The minimum atomic E-state index is -4.15. The van der Waals surface area contributed by atoms with Crippen LogP contribution in [0.4, 0.5) is 13.2 Å². The molecule has 3 nitrogen and oxygen atoms in total. The number of hydrogen-bond donors (Lipinski definition) is 1. The number of thioether (sulfide) groups is 1. The van der Waals surface area contributed by atoms with E-state index in [0.29, 0.717) is 6.54 Å². The van der Waals surface area contributed by atoms with Gasteiger partial charge in [-0.3, -0.25) is 0 Å². The Hall–Kier alpha value is -0.690. The van der Waals surface area contributed by atoms with Crippen molar-refractivity contribution >= 4 is 11.8 Å². The molecule has 0 aromatic carbocycles. The van der Waals surface area contributed by atoms with E-state index in [1.807, 2.05) is 4.57 Å². The predicted octanol–water partition coefficient (Wildman–Crippen LogP) is 2.56. The summed E-state index contributed by atoms with van der Waals surface area (Å²) in [6.45, 7) is 1.31. The van der Waals surface area contributed by atoms with Crippen LogP contribution >= 0.6 is 11.8 Å². The molecule has 1 unspecified atom stereocenters. The molecule has 2 heterocycles. The fraction of sp³-hybridized carbons (Fsp3) is 0.700. The molecule has 0 aliphatic carbocycles. The van der Waals surface area contributed by atoms with Gasteiger partial charge in [0.05, 0.1) is 12.0 Å². The predicted molar refractivity (Wildman–Crippen MR) is 60.7 cm³/mol. The molecule has 96 valence electrons. The van der Waals surface area contributed by atoms with E-state index in [4.69, 9.17) is 0 Å². The third-order valence-electron chi connectivity index (χ3n) is 2.76. The van der Waals surface area contributed by atoms with Gasteiger partial charge in [-0.1, -0.05) is 0 Å². The summed E-state index contributed by atoms with van der Waals surface area (Å²) in [7, 11) is 0. The second kappa shape index (κ2) is 5.30. The minimum Gasteiger partial charge on any atom is -0.332 e. The van der Waals surface area contributed by atoms with Gasteiger partial charge in [0, 0.05) is 24.5 Å². The molecule has 1 aliphatic rings. The van der Waals surface area contributed by atoms with Crippen LogP contribution in [0.5, 0.6) is 0 Å². The van der Waals surface area contributed by atoms with Crippen molar-refractivity contribution in [1.29, 1.82) is 0 Å². The molecule has 1 aromatic heterocycles. The zero-order valence-corrected chi connectivity index (χ0v) is 10.0. The standard InChI is InChI=1S/C10H14F3N3S/c11-10(12,13)17-5-4-16-7-14-6-9(16)8-2-1-3-15-8/h6-8,15H,1-5H2. The van der Waals surface area contributed by atoms with Crippen molar-refractivity contribution in [2.75, 3.05) is 12.3 Å². The monoisotopic (exact) mass is 265 g/mol. The maximum atomic E-state index is 12.0. The molecule has 0 bridgehead atoms. The first-order chi connectivity index (χ1) is 8.06. The smallest absolute Gasteiger partial charge is 0.332 e. The van der Waals surface area contributed by atoms with Crippen molar-refractivity contribution in [1.82, 2.24) is 14.9 Å². The highest BCUT2D eigenvalue weighted by Gasteiger charge is 2.28. The van der Waals surface area contributed by atoms with Crippen LogP contribution in [0.1, 0.15) is 24.6 Å². The lowest BCUT2D eigenvalue weighted by Crippen LogP contribution is -2.17. The fourth-order valence-electron chi connectivity index (χ4n) is 2.00. The summed E-state index contributed by atoms with van der Waals surface area (Å²) in [5.74, 6) is 0.0274. The van der Waals surface area contributed by atoms with Gasteiger partial charge in [-0.15, -0.1) is 0 Å². The van der Waals surface area contributed by atoms with Crippen LogP contribution in [-0.4, -0.2) is 27.4 Å². The summed E-state index contributed by atoms with van der Waals surface area (Å²) in [6, 6.07) is 0.244. The molecule has 2 rings (SSSR count). The van der Waals surface area contributed by atoms with Crippen LogP contribution in [0, 0.1) is 0 Å². The molecule has 0 amide bonds. The first kappa shape index (κ1) is 12.8. The molecule has 17 heavy (non-hydrogen) atoms. The topological polar surface area (TPSA) is 29.9 Å². The highest BCUT2D eigenvalue weighted by atomic mass is 32.2. The molecule has 1 aliphatic heterocycles. The largest absolute Gasteiger partial charge is 0.441 e. The average Bonchev–Trinajstić information content (AvgIpc) is 2.82. The number of halogens is 3. The van der Waals surface area contributed by atoms with Crippen molar-refractivity contribution in [3.63, 3.8) is 0 Å². The third-order valence-corrected chi connectivity index (χ3v) is 3.47. The summed E-state index contributed by atoms with van der Waals surface area (Å²) in [5.41, 5.74) is -3.16. The quantitative estimate of drug-likeness (QED) is 0.907. The van der Waals surface area contributed by atoms with Gasteiger partial charge in [-0.05, 0) is 31.1 Å². The fourth-order valence-corrected chi connectivity index (χ4v) is 2.52. The number of aromatic nitrogens is 2. The van der Waals surface area contributed by atoms with Crippen LogP contribution in [0.15, 0.2) is 12.5 Å². The van der Waals surface area contributed by atoms with Gasteiger partial charge in [0.2, 0.25) is 0 Å². The van der Waals surface area contributed by atoms with E-state index < -0.39 is 5.51 Å². The van der Waals surface area contributed by atoms with Gasteiger partial charge >= 0.3 is 5.51 Å². The summed E-state index contributed by atoms with van der Waals surface area (Å²) in [4.78, 5) is 4.01. The first-order valence-electron chi connectivity index (χ1n) is 5.50. The average molecular weight is 265 g/mol. The van der Waals surface area contributed by atoms with Crippen molar-refractivity contribution in [3.8, 4) is 0 Å². The Morgan fingerprint density at radius 3 is 3.00 bits per heavy atom. The molecule has 1 N–H and O–H groups in total. The Bertz CT molecular complexity index is 358. The Balaban J connectivity index is 1.90. The van der Waals surface area contributed by atoms with Crippen molar-refractivity contribution in [2.24, 2.45) is 0 Å². The molecule has 7 heteroatoms. The maximum Gasteiger partial charge on any atom is 0.441 e. The van der Waals surface area contributed by atoms with E-state index in [2.05, 4.69) is 10.3 Å². The van der Waals surface area contributed by atoms with Gasteiger partial charge in [0.25, 0.3) is 0 Å². The van der Waals surface area contributed by atoms with Gasteiger partial charge in [-0.25, -0.2) is 4.98 Å². The van der Waals surface area contributed by atoms with Gasteiger partial charge < -0.3 is 9.88 Å². The number of nitrogens with one attached hydrogen (secondary N) is 1. The van der Waals surface area contributed by atoms with E-state index >= 15 is 0 Å². The number of hydrogen-bond acceptors (Lipinski definition) is 3. The van der Waals surface area contributed by atoms with Crippen LogP contribution in [0.25, 0.3) is 0 Å². The number of rotatable bonds is 4. The molecule has 1 aromatic rings. The molecular weight excluding hydrogens is 251 g/mol. The van der Waals surface area contributed by atoms with E-state index in [0.717, 1.165) is 25.1 Å². The number of aryl methyl sites for hydroxylation is 1. The molecule has 0 radical (unpaired) electrons.